The molecule has 1 N–H and O–H groups in total. The summed E-state index contributed by atoms with van der Waals surface area (Å²) in [6.07, 6.45) is 3.96. The zero-order chi connectivity index (χ0) is 17.2. The summed E-state index contributed by atoms with van der Waals surface area (Å²) in [7, 11) is 0. The summed E-state index contributed by atoms with van der Waals surface area (Å²) in [5, 5.41) is 10.1. The number of β-amino-alcohol motifs (C(OH)–C–C–N with tert-alkyl or cyclic N) is 1. The van der Waals surface area contributed by atoms with E-state index in [1.54, 1.807) is 18.0 Å². The Labute approximate surface area is 142 Å². The molecule has 1 spiro atoms. The molecule has 2 fully saturated rings. The maximum absolute atomic E-state index is 12.4. The van der Waals surface area contributed by atoms with E-state index in [2.05, 4.69) is 4.98 Å². The van der Waals surface area contributed by atoms with E-state index in [1.807, 2.05) is 23.1 Å². The lowest BCUT2D eigenvalue weighted by molar-refractivity contribution is -0.141. The van der Waals surface area contributed by atoms with Crippen molar-refractivity contribution in [2.45, 2.75) is 38.7 Å². The van der Waals surface area contributed by atoms with Crippen molar-refractivity contribution >= 4 is 11.8 Å². The van der Waals surface area contributed by atoms with E-state index >= 15 is 0 Å². The number of hydrogen-bond acceptors (Lipinski definition) is 4. The van der Waals surface area contributed by atoms with Crippen LogP contribution in [0.2, 0.25) is 0 Å². The smallest absolute Gasteiger partial charge is 0.228 e. The van der Waals surface area contributed by atoms with Gasteiger partial charge in [0.25, 0.3) is 0 Å². The van der Waals surface area contributed by atoms with Gasteiger partial charge in [-0.2, -0.15) is 0 Å². The monoisotopic (exact) mass is 331 g/mol. The predicted molar refractivity (Wildman–Crippen MR) is 89.1 cm³/mol. The largest absolute Gasteiger partial charge is 0.391 e. The summed E-state index contributed by atoms with van der Waals surface area (Å²) >= 11 is 0. The lowest BCUT2D eigenvalue weighted by Gasteiger charge is -2.49. The van der Waals surface area contributed by atoms with Crippen molar-refractivity contribution in [3.05, 3.63) is 30.1 Å². The molecular weight excluding hydrogens is 306 g/mol. The molecule has 0 saturated carbocycles. The molecule has 1 aromatic heterocycles. The number of carbonyl (C=O) groups excluding carboxylic acids is 2. The predicted octanol–water partition coefficient (Wildman–Crippen LogP) is 0.846. The van der Waals surface area contributed by atoms with Crippen molar-refractivity contribution in [1.29, 1.82) is 0 Å². The second kappa shape index (κ2) is 6.89. The molecule has 6 heteroatoms. The highest BCUT2D eigenvalue weighted by atomic mass is 16.3. The van der Waals surface area contributed by atoms with Gasteiger partial charge < -0.3 is 14.9 Å². The Hall–Kier alpha value is -1.95. The van der Waals surface area contributed by atoms with E-state index in [-0.39, 0.29) is 17.2 Å². The fourth-order valence-corrected chi connectivity index (χ4v) is 3.95. The van der Waals surface area contributed by atoms with Crippen LogP contribution >= 0.6 is 0 Å². The summed E-state index contributed by atoms with van der Waals surface area (Å²) in [5.41, 5.74) is 0.740. The third-order valence-electron chi connectivity index (χ3n) is 5.31. The molecule has 130 valence electrons. The fourth-order valence-electron chi connectivity index (χ4n) is 3.95. The second-order valence-corrected chi connectivity index (χ2v) is 7.14. The van der Waals surface area contributed by atoms with Crippen molar-refractivity contribution in [1.82, 2.24) is 14.8 Å². The molecule has 1 atom stereocenters. The summed E-state index contributed by atoms with van der Waals surface area (Å²) in [6, 6.07) is 5.60. The molecule has 0 aromatic carbocycles. The number of hydrogen-bond donors (Lipinski definition) is 1. The standard InChI is InChI=1S/C18H25N3O3/c1-14(22)21-12-16(23)11-18(13-21)5-8-20(9-6-18)17(24)10-15-4-2-3-7-19-15/h2-4,7,16,23H,5-6,8-13H2,1H3. The molecule has 0 aliphatic carbocycles. The molecule has 6 nitrogen and oxygen atoms in total. The number of aliphatic hydroxyl groups is 1. The Morgan fingerprint density at radius 1 is 1.29 bits per heavy atom. The van der Waals surface area contributed by atoms with Crippen molar-refractivity contribution in [3.8, 4) is 0 Å². The van der Waals surface area contributed by atoms with E-state index < -0.39 is 6.10 Å². The molecule has 1 unspecified atom stereocenters. The minimum Gasteiger partial charge on any atom is -0.391 e. The van der Waals surface area contributed by atoms with Crippen LogP contribution in [-0.4, -0.2) is 64.0 Å². The van der Waals surface area contributed by atoms with E-state index in [1.165, 1.54) is 0 Å². The lowest BCUT2D eigenvalue weighted by Crippen LogP contribution is -2.55. The number of rotatable bonds is 2. The average molecular weight is 331 g/mol. The fraction of sp³-hybridized carbons (Fsp3) is 0.611. The molecule has 3 heterocycles. The number of carbonyl (C=O) groups is 2. The Morgan fingerprint density at radius 3 is 2.67 bits per heavy atom. The molecule has 2 saturated heterocycles. The van der Waals surface area contributed by atoms with Crippen molar-refractivity contribution in [3.63, 3.8) is 0 Å². The van der Waals surface area contributed by atoms with Crippen LogP contribution < -0.4 is 0 Å². The molecule has 3 rings (SSSR count). The van der Waals surface area contributed by atoms with Crippen molar-refractivity contribution < 1.29 is 14.7 Å². The van der Waals surface area contributed by atoms with Gasteiger partial charge in [-0.3, -0.25) is 14.6 Å². The second-order valence-electron chi connectivity index (χ2n) is 7.14. The number of aliphatic hydroxyl groups excluding tert-OH is 1. The summed E-state index contributed by atoms with van der Waals surface area (Å²) in [6.45, 7) is 4.05. The number of nitrogens with zero attached hydrogens (tertiary/aromatic N) is 3. The summed E-state index contributed by atoms with van der Waals surface area (Å²) < 4.78 is 0. The van der Waals surface area contributed by atoms with Crippen LogP contribution in [0.1, 0.15) is 31.9 Å². The third-order valence-corrected chi connectivity index (χ3v) is 5.31. The highest BCUT2D eigenvalue weighted by Gasteiger charge is 2.42. The summed E-state index contributed by atoms with van der Waals surface area (Å²) in [5.74, 6) is 0.116. The lowest BCUT2D eigenvalue weighted by atomic mass is 9.71. The van der Waals surface area contributed by atoms with Crippen LogP contribution in [0.25, 0.3) is 0 Å². The maximum atomic E-state index is 12.4. The van der Waals surface area contributed by atoms with Gasteiger partial charge in [0.05, 0.1) is 12.5 Å². The van der Waals surface area contributed by atoms with Gasteiger partial charge in [-0.1, -0.05) is 6.07 Å². The van der Waals surface area contributed by atoms with Crippen molar-refractivity contribution in [2.75, 3.05) is 26.2 Å². The van der Waals surface area contributed by atoms with Gasteiger partial charge in [-0.25, -0.2) is 0 Å². The molecular formula is C18H25N3O3. The third kappa shape index (κ3) is 3.75. The SMILES string of the molecule is CC(=O)N1CC(O)CC2(CCN(C(=O)Cc3ccccn3)CC2)C1. The zero-order valence-electron chi connectivity index (χ0n) is 14.1. The van der Waals surface area contributed by atoms with Crippen LogP contribution in [0, 0.1) is 5.41 Å². The van der Waals surface area contributed by atoms with Gasteiger partial charge in [0.15, 0.2) is 0 Å². The Balaban J connectivity index is 1.58. The van der Waals surface area contributed by atoms with Crippen molar-refractivity contribution in [2.24, 2.45) is 5.41 Å². The van der Waals surface area contributed by atoms with Crippen LogP contribution in [0.5, 0.6) is 0 Å². The van der Waals surface area contributed by atoms with Crippen LogP contribution in [0.15, 0.2) is 24.4 Å². The Kier molecular flexibility index (Phi) is 4.85. The highest BCUT2D eigenvalue weighted by molar-refractivity contribution is 5.78. The first kappa shape index (κ1) is 16.9. The Morgan fingerprint density at radius 2 is 2.04 bits per heavy atom. The minimum atomic E-state index is -0.460. The molecule has 0 bridgehead atoms. The first-order chi connectivity index (χ1) is 11.5. The van der Waals surface area contributed by atoms with Crippen LogP contribution in [0.4, 0.5) is 0 Å². The summed E-state index contributed by atoms with van der Waals surface area (Å²) in [4.78, 5) is 32.0. The van der Waals surface area contributed by atoms with Crippen LogP contribution in [0.3, 0.4) is 0 Å². The number of amides is 2. The first-order valence-corrected chi connectivity index (χ1v) is 8.59. The van der Waals surface area contributed by atoms with Crippen LogP contribution in [-0.2, 0) is 16.0 Å². The number of aromatic nitrogens is 1. The number of likely N-dealkylation sites (tertiary alicyclic amines) is 2. The van der Waals surface area contributed by atoms with E-state index in [0.717, 1.165) is 25.0 Å². The molecule has 24 heavy (non-hydrogen) atoms. The van der Waals surface area contributed by atoms with E-state index in [4.69, 9.17) is 0 Å². The number of pyridine rings is 1. The molecule has 1 aromatic rings. The topological polar surface area (TPSA) is 73.7 Å². The molecule has 2 aliphatic rings. The minimum absolute atomic E-state index is 0.0155. The van der Waals surface area contributed by atoms with Gasteiger partial charge in [0, 0.05) is 45.0 Å². The van der Waals surface area contributed by atoms with E-state index in [0.29, 0.717) is 32.6 Å². The quantitative estimate of drug-likeness (QED) is 0.872. The normalized spacial score (nSPS) is 23.3. The molecule has 0 radical (unpaired) electrons. The van der Waals surface area contributed by atoms with Gasteiger partial charge in [0.2, 0.25) is 11.8 Å². The number of piperidine rings is 2. The van der Waals surface area contributed by atoms with E-state index in [9.17, 15) is 14.7 Å². The van der Waals surface area contributed by atoms with Gasteiger partial charge in [-0.05, 0) is 36.8 Å². The maximum Gasteiger partial charge on any atom is 0.228 e. The molecule has 2 amide bonds. The first-order valence-electron chi connectivity index (χ1n) is 8.59. The van der Waals surface area contributed by atoms with Gasteiger partial charge >= 0.3 is 0 Å². The van der Waals surface area contributed by atoms with Gasteiger partial charge in [-0.15, -0.1) is 0 Å². The highest BCUT2D eigenvalue weighted by Crippen LogP contribution is 2.40. The Bertz CT molecular complexity index is 597. The average Bonchev–Trinajstić information content (AvgIpc) is 2.55. The molecule has 2 aliphatic heterocycles. The van der Waals surface area contributed by atoms with Gasteiger partial charge in [0.1, 0.15) is 0 Å². The zero-order valence-corrected chi connectivity index (χ0v) is 14.1.